The van der Waals surface area contributed by atoms with E-state index in [1.807, 2.05) is 11.3 Å². The quantitative estimate of drug-likeness (QED) is 0.157. The van der Waals surface area contributed by atoms with Crippen molar-refractivity contribution in [3.8, 4) is 33.4 Å². The molecule has 276 valence electrons. The van der Waals surface area contributed by atoms with E-state index in [1.54, 1.807) is 0 Å². The van der Waals surface area contributed by atoms with Gasteiger partial charge in [-0.1, -0.05) is 164 Å². The van der Waals surface area contributed by atoms with Gasteiger partial charge in [-0.15, -0.1) is 11.3 Å². The van der Waals surface area contributed by atoms with E-state index < -0.39 is 0 Å². The van der Waals surface area contributed by atoms with Gasteiger partial charge in [0.15, 0.2) is 5.58 Å². The summed E-state index contributed by atoms with van der Waals surface area (Å²) in [5, 5.41) is 9.86. The Morgan fingerprint density at radius 1 is 0.339 bits per heavy atom. The monoisotopic (exact) mass is 769 g/mol. The zero-order valence-corrected chi connectivity index (χ0v) is 32.8. The van der Waals surface area contributed by atoms with Crippen LogP contribution in [0.3, 0.4) is 0 Å². The Morgan fingerprint density at radius 3 is 1.71 bits per heavy atom. The number of hydrogen-bond acceptors (Lipinski definition) is 3. The summed E-state index contributed by atoms with van der Waals surface area (Å²) in [6, 6.07) is 76.8. The van der Waals surface area contributed by atoms with Crippen molar-refractivity contribution in [2.75, 3.05) is 4.90 Å². The van der Waals surface area contributed by atoms with Crippen molar-refractivity contribution < 1.29 is 4.42 Å². The first-order valence-corrected chi connectivity index (χ1v) is 20.9. The molecule has 3 heteroatoms. The van der Waals surface area contributed by atoms with Gasteiger partial charge in [0.2, 0.25) is 0 Å². The van der Waals surface area contributed by atoms with Crippen LogP contribution in [0.2, 0.25) is 0 Å². The van der Waals surface area contributed by atoms with Gasteiger partial charge in [0.1, 0.15) is 5.58 Å². The van der Waals surface area contributed by atoms with Crippen molar-refractivity contribution >= 4 is 92.1 Å². The van der Waals surface area contributed by atoms with Crippen LogP contribution in [0.4, 0.5) is 17.1 Å². The smallest absolute Gasteiger partial charge is 0.159 e. The molecule has 0 aliphatic heterocycles. The van der Waals surface area contributed by atoms with Crippen LogP contribution in [0.5, 0.6) is 0 Å². The number of nitrogens with zero attached hydrogens (tertiary/aromatic N) is 1. The number of thiophene rings is 1. The maximum Gasteiger partial charge on any atom is 0.159 e. The van der Waals surface area contributed by atoms with Crippen molar-refractivity contribution in [3.05, 3.63) is 212 Å². The number of para-hydroxylation sites is 2. The Hall–Kier alpha value is -7.46. The Kier molecular flexibility index (Phi) is 7.75. The zero-order chi connectivity index (χ0) is 38.9. The normalized spacial score (nSPS) is 11.7. The summed E-state index contributed by atoms with van der Waals surface area (Å²) < 4.78 is 9.61. The summed E-state index contributed by atoms with van der Waals surface area (Å²) in [6.07, 6.45) is 0. The van der Waals surface area contributed by atoms with Crippen LogP contribution in [-0.2, 0) is 0 Å². The molecule has 2 nitrogen and oxygen atoms in total. The van der Waals surface area contributed by atoms with Crippen molar-refractivity contribution in [1.29, 1.82) is 0 Å². The summed E-state index contributed by atoms with van der Waals surface area (Å²) in [4.78, 5) is 2.34. The van der Waals surface area contributed by atoms with Crippen LogP contribution in [0.1, 0.15) is 0 Å². The molecule has 0 fully saturated rings. The lowest BCUT2D eigenvalue weighted by molar-refractivity contribution is 0.670. The van der Waals surface area contributed by atoms with Gasteiger partial charge in [0.25, 0.3) is 0 Å². The summed E-state index contributed by atoms with van der Waals surface area (Å²) in [5.41, 5.74) is 11.9. The minimum atomic E-state index is 0.856. The fourth-order valence-electron chi connectivity index (χ4n) is 9.04. The first-order valence-electron chi connectivity index (χ1n) is 20.1. The maximum atomic E-state index is 6.99. The van der Waals surface area contributed by atoms with Crippen molar-refractivity contribution in [1.82, 2.24) is 0 Å². The lowest BCUT2D eigenvalue weighted by atomic mass is 9.97. The lowest BCUT2D eigenvalue weighted by Gasteiger charge is -2.26. The van der Waals surface area contributed by atoms with Crippen LogP contribution >= 0.6 is 11.3 Å². The molecule has 0 unspecified atom stereocenters. The molecule has 0 atom stereocenters. The molecule has 12 rings (SSSR count). The molecule has 12 aromatic rings. The highest BCUT2D eigenvalue weighted by Gasteiger charge is 2.21. The van der Waals surface area contributed by atoms with Gasteiger partial charge in [-0.25, -0.2) is 0 Å². The van der Waals surface area contributed by atoms with Crippen LogP contribution < -0.4 is 4.90 Å². The summed E-state index contributed by atoms with van der Waals surface area (Å²) in [5.74, 6) is 0. The minimum Gasteiger partial charge on any atom is -0.453 e. The molecule has 10 aromatic carbocycles. The van der Waals surface area contributed by atoms with Crippen LogP contribution in [0, 0.1) is 0 Å². The molecule has 0 N–H and O–H groups in total. The third-order valence-electron chi connectivity index (χ3n) is 11.9. The number of furan rings is 1. The average Bonchev–Trinajstić information content (AvgIpc) is 3.89. The Bertz CT molecular complexity index is 3540. The number of benzene rings is 10. The van der Waals surface area contributed by atoms with Crippen LogP contribution in [0.25, 0.3) is 97.0 Å². The SMILES string of the molecule is c1ccc(-c2cccc3c2oc2c(N(c4ccc(-c5ccc6ccc7ccccc7c6c5)cc4)c4ccc(-c5cccc6sc7ccccc7c56)cc4)cccc23)cc1. The summed E-state index contributed by atoms with van der Waals surface area (Å²) >= 11 is 1.86. The highest BCUT2D eigenvalue weighted by atomic mass is 32.1. The topological polar surface area (TPSA) is 16.4 Å². The fraction of sp³-hybridized carbons (Fsp3) is 0. The van der Waals surface area contributed by atoms with E-state index in [0.717, 1.165) is 50.1 Å². The number of hydrogen-bond donors (Lipinski definition) is 0. The molecule has 0 saturated heterocycles. The number of fused-ring (bicyclic) bond motifs is 9. The van der Waals surface area contributed by atoms with Gasteiger partial charge in [-0.3, -0.25) is 0 Å². The third kappa shape index (κ3) is 5.55. The third-order valence-corrected chi connectivity index (χ3v) is 13.0. The molecule has 59 heavy (non-hydrogen) atoms. The van der Waals surface area contributed by atoms with Gasteiger partial charge in [-0.05, 0) is 97.9 Å². The van der Waals surface area contributed by atoms with Gasteiger partial charge in [-0.2, -0.15) is 0 Å². The highest BCUT2D eigenvalue weighted by molar-refractivity contribution is 7.25. The molecule has 0 radical (unpaired) electrons. The van der Waals surface area contributed by atoms with E-state index in [2.05, 4.69) is 217 Å². The molecule has 2 heterocycles. The van der Waals surface area contributed by atoms with E-state index in [4.69, 9.17) is 4.42 Å². The largest absolute Gasteiger partial charge is 0.453 e. The van der Waals surface area contributed by atoms with Crippen molar-refractivity contribution in [2.24, 2.45) is 0 Å². The minimum absolute atomic E-state index is 0.856. The molecule has 0 saturated carbocycles. The van der Waals surface area contributed by atoms with Crippen molar-refractivity contribution in [3.63, 3.8) is 0 Å². The summed E-state index contributed by atoms with van der Waals surface area (Å²) in [6.45, 7) is 0. The fourth-order valence-corrected chi connectivity index (χ4v) is 10.2. The molecule has 0 amide bonds. The van der Waals surface area contributed by atoms with Gasteiger partial charge in [0.05, 0.1) is 5.69 Å². The van der Waals surface area contributed by atoms with Crippen molar-refractivity contribution in [2.45, 2.75) is 0 Å². The molecular formula is C56H35NOS. The van der Waals surface area contributed by atoms with E-state index in [0.29, 0.717) is 0 Å². The van der Waals surface area contributed by atoms with E-state index in [9.17, 15) is 0 Å². The Balaban J connectivity index is 1.01. The molecule has 0 aliphatic carbocycles. The van der Waals surface area contributed by atoms with E-state index >= 15 is 0 Å². The molecule has 0 aliphatic rings. The lowest BCUT2D eigenvalue weighted by Crippen LogP contribution is -2.10. The van der Waals surface area contributed by atoms with Gasteiger partial charge in [0, 0.05) is 47.9 Å². The Morgan fingerprint density at radius 2 is 0.898 bits per heavy atom. The van der Waals surface area contributed by atoms with E-state index in [1.165, 1.54) is 64.0 Å². The molecular weight excluding hydrogens is 735 g/mol. The zero-order valence-electron chi connectivity index (χ0n) is 32.0. The maximum absolute atomic E-state index is 6.99. The van der Waals surface area contributed by atoms with Crippen LogP contribution in [0.15, 0.2) is 217 Å². The predicted molar refractivity (Wildman–Crippen MR) is 253 cm³/mol. The second-order valence-corrected chi connectivity index (χ2v) is 16.3. The van der Waals surface area contributed by atoms with Gasteiger partial charge < -0.3 is 9.32 Å². The number of rotatable bonds is 6. The highest BCUT2D eigenvalue weighted by Crippen LogP contribution is 2.46. The molecule has 0 bridgehead atoms. The second-order valence-electron chi connectivity index (χ2n) is 15.2. The standard InChI is InChI=1S/C56H35NOS/c1-2-11-37(12-3-1)46-17-8-18-47-48-19-9-20-51(56(48)58-55(46)47)57(43-33-29-39(30-34-43)45-16-10-22-53-54(45)49-15-6-7-21-52(49)59-53)42-31-27-36(28-32-42)41-26-25-40-24-23-38-13-4-5-14-44(38)50(40)35-41/h1-35H. The summed E-state index contributed by atoms with van der Waals surface area (Å²) in [7, 11) is 0. The van der Waals surface area contributed by atoms with E-state index in [-0.39, 0.29) is 0 Å². The predicted octanol–water partition coefficient (Wildman–Crippen LogP) is 16.7. The molecule has 2 aromatic heterocycles. The van der Waals surface area contributed by atoms with Crippen LogP contribution in [-0.4, -0.2) is 0 Å². The first-order chi connectivity index (χ1) is 29.2. The Labute approximate surface area is 345 Å². The number of anilines is 3. The first kappa shape index (κ1) is 33.7. The second kappa shape index (κ2) is 13.6. The molecule has 0 spiro atoms. The average molecular weight is 770 g/mol. The van der Waals surface area contributed by atoms with Gasteiger partial charge >= 0.3 is 0 Å².